The molecule has 88 valence electrons. The van der Waals surface area contributed by atoms with Crippen LogP contribution in [0.25, 0.3) is 0 Å². The summed E-state index contributed by atoms with van der Waals surface area (Å²) >= 11 is 3.33. The first-order valence-corrected chi connectivity index (χ1v) is 5.95. The van der Waals surface area contributed by atoms with Crippen molar-refractivity contribution in [3.8, 4) is 0 Å². The van der Waals surface area contributed by atoms with E-state index in [1.165, 1.54) is 0 Å². The lowest BCUT2D eigenvalue weighted by atomic mass is 10.2. The van der Waals surface area contributed by atoms with Crippen molar-refractivity contribution in [2.24, 2.45) is 0 Å². The summed E-state index contributed by atoms with van der Waals surface area (Å²) in [5, 5.41) is 9.63. The van der Waals surface area contributed by atoms with Crippen molar-refractivity contribution in [3.63, 3.8) is 0 Å². The maximum absolute atomic E-state index is 11.9. The summed E-state index contributed by atoms with van der Waals surface area (Å²) in [5.74, 6) is 0.419. The average molecular weight is 294 g/mol. The van der Waals surface area contributed by atoms with Gasteiger partial charge in [-0.3, -0.25) is 9.89 Å². The molecule has 0 aliphatic carbocycles. The van der Waals surface area contributed by atoms with Crippen molar-refractivity contribution in [1.82, 2.24) is 10.2 Å². The number of aromatic amines is 1. The molecule has 0 spiro atoms. The summed E-state index contributed by atoms with van der Waals surface area (Å²) in [5.41, 5.74) is 2.51. The number of rotatable bonds is 2. The number of amides is 1. The van der Waals surface area contributed by atoms with E-state index in [1.807, 2.05) is 26.0 Å². The van der Waals surface area contributed by atoms with E-state index >= 15 is 0 Å². The van der Waals surface area contributed by atoms with Gasteiger partial charge in [-0.25, -0.2) is 0 Å². The number of anilines is 1. The summed E-state index contributed by atoms with van der Waals surface area (Å²) in [4.78, 5) is 11.9. The molecule has 1 aromatic carbocycles. The third kappa shape index (κ3) is 2.55. The van der Waals surface area contributed by atoms with Gasteiger partial charge >= 0.3 is 0 Å². The Morgan fingerprint density at radius 3 is 2.47 bits per heavy atom. The first kappa shape index (κ1) is 11.9. The molecule has 5 heteroatoms. The second-order valence-corrected chi connectivity index (χ2v) is 4.70. The van der Waals surface area contributed by atoms with Crippen LogP contribution in [-0.4, -0.2) is 16.1 Å². The van der Waals surface area contributed by atoms with Gasteiger partial charge in [0.2, 0.25) is 0 Å². The number of benzene rings is 1. The molecule has 0 bridgehead atoms. The van der Waals surface area contributed by atoms with E-state index in [0.29, 0.717) is 11.4 Å². The van der Waals surface area contributed by atoms with Crippen molar-refractivity contribution < 1.29 is 4.79 Å². The summed E-state index contributed by atoms with van der Waals surface area (Å²) in [6, 6.07) is 7.18. The molecule has 0 saturated carbocycles. The number of nitrogens with zero attached hydrogens (tertiary/aromatic N) is 1. The largest absolute Gasteiger partial charge is 0.305 e. The van der Waals surface area contributed by atoms with Gasteiger partial charge in [0, 0.05) is 21.3 Å². The Bertz CT molecular complexity index is 545. The minimum absolute atomic E-state index is 0.160. The topological polar surface area (TPSA) is 57.8 Å². The number of nitrogens with one attached hydrogen (secondary N) is 2. The maximum Gasteiger partial charge on any atom is 0.256 e. The summed E-state index contributed by atoms with van der Waals surface area (Å²) in [6.07, 6.45) is 0. The molecular weight excluding hydrogens is 282 g/mol. The Morgan fingerprint density at radius 2 is 1.94 bits per heavy atom. The fraction of sp³-hybridized carbons (Fsp3) is 0.167. The van der Waals surface area contributed by atoms with Crippen LogP contribution in [0.15, 0.2) is 28.7 Å². The molecule has 1 amide bonds. The minimum Gasteiger partial charge on any atom is -0.305 e. The molecule has 0 fully saturated rings. The summed E-state index contributed by atoms with van der Waals surface area (Å²) in [7, 11) is 0. The van der Waals surface area contributed by atoms with Crippen molar-refractivity contribution in [2.45, 2.75) is 13.8 Å². The molecule has 1 heterocycles. The normalized spacial score (nSPS) is 10.3. The van der Waals surface area contributed by atoms with E-state index in [4.69, 9.17) is 0 Å². The summed E-state index contributed by atoms with van der Waals surface area (Å²) in [6.45, 7) is 3.83. The first-order valence-electron chi connectivity index (χ1n) is 5.16. The number of halogens is 1. The third-order valence-electron chi connectivity index (χ3n) is 2.59. The lowest BCUT2D eigenvalue weighted by molar-refractivity contribution is 0.102. The van der Waals surface area contributed by atoms with E-state index in [2.05, 4.69) is 31.4 Å². The van der Waals surface area contributed by atoms with Gasteiger partial charge in [0.25, 0.3) is 5.91 Å². The van der Waals surface area contributed by atoms with E-state index < -0.39 is 0 Å². The van der Waals surface area contributed by atoms with Gasteiger partial charge in [-0.2, -0.15) is 5.10 Å². The zero-order valence-electron chi connectivity index (χ0n) is 9.54. The smallest absolute Gasteiger partial charge is 0.256 e. The number of aromatic nitrogens is 2. The fourth-order valence-electron chi connectivity index (χ4n) is 1.39. The SMILES string of the molecule is Cc1[nH]nc(NC(=O)c2ccc(Br)cc2)c1C. The van der Waals surface area contributed by atoms with Crippen LogP contribution in [-0.2, 0) is 0 Å². The zero-order chi connectivity index (χ0) is 12.4. The monoisotopic (exact) mass is 293 g/mol. The van der Waals surface area contributed by atoms with Gasteiger partial charge in [-0.15, -0.1) is 0 Å². The first-order chi connectivity index (χ1) is 8.08. The lowest BCUT2D eigenvalue weighted by Gasteiger charge is -2.03. The van der Waals surface area contributed by atoms with E-state index in [1.54, 1.807) is 12.1 Å². The van der Waals surface area contributed by atoms with Crippen LogP contribution < -0.4 is 5.32 Å². The lowest BCUT2D eigenvalue weighted by Crippen LogP contribution is -2.12. The molecule has 2 N–H and O–H groups in total. The Hall–Kier alpha value is -1.62. The van der Waals surface area contributed by atoms with Gasteiger partial charge in [-0.05, 0) is 38.1 Å². The highest BCUT2D eigenvalue weighted by molar-refractivity contribution is 9.10. The van der Waals surface area contributed by atoms with Gasteiger partial charge in [0.15, 0.2) is 5.82 Å². The van der Waals surface area contributed by atoms with Crippen LogP contribution in [0.4, 0.5) is 5.82 Å². The number of aryl methyl sites for hydroxylation is 1. The van der Waals surface area contributed by atoms with Crippen molar-refractivity contribution >= 4 is 27.7 Å². The number of hydrogen-bond acceptors (Lipinski definition) is 2. The van der Waals surface area contributed by atoms with E-state index in [0.717, 1.165) is 15.7 Å². The highest BCUT2D eigenvalue weighted by Gasteiger charge is 2.10. The number of carbonyl (C=O) groups excluding carboxylic acids is 1. The molecule has 0 aliphatic heterocycles. The Labute approximate surface area is 108 Å². The molecular formula is C12H12BrN3O. The molecule has 0 radical (unpaired) electrons. The zero-order valence-corrected chi connectivity index (χ0v) is 11.1. The molecule has 0 saturated heterocycles. The predicted octanol–water partition coefficient (Wildman–Crippen LogP) is 3.04. The molecule has 17 heavy (non-hydrogen) atoms. The third-order valence-corrected chi connectivity index (χ3v) is 3.12. The molecule has 0 atom stereocenters. The van der Waals surface area contributed by atoms with Gasteiger partial charge < -0.3 is 5.32 Å². The van der Waals surface area contributed by atoms with Crippen LogP contribution in [0.5, 0.6) is 0 Å². The molecule has 2 aromatic rings. The Morgan fingerprint density at radius 1 is 1.29 bits per heavy atom. The average Bonchev–Trinajstić information content (AvgIpc) is 2.62. The second kappa shape index (κ2) is 4.71. The molecule has 1 aromatic heterocycles. The van der Waals surface area contributed by atoms with Crippen LogP contribution in [0.1, 0.15) is 21.6 Å². The Balaban J connectivity index is 2.17. The predicted molar refractivity (Wildman–Crippen MR) is 70.2 cm³/mol. The molecule has 0 aliphatic rings. The Kier molecular flexibility index (Phi) is 3.28. The quantitative estimate of drug-likeness (QED) is 0.894. The van der Waals surface area contributed by atoms with Crippen molar-refractivity contribution in [2.75, 3.05) is 5.32 Å². The van der Waals surface area contributed by atoms with Crippen LogP contribution >= 0.6 is 15.9 Å². The van der Waals surface area contributed by atoms with E-state index in [-0.39, 0.29) is 5.91 Å². The standard InChI is InChI=1S/C12H12BrN3O/c1-7-8(2)15-16-11(7)14-12(17)9-3-5-10(13)6-4-9/h3-6H,1-2H3,(H2,14,15,16,17). The van der Waals surface area contributed by atoms with Gasteiger partial charge in [0.1, 0.15) is 0 Å². The molecule has 2 rings (SSSR count). The minimum atomic E-state index is -0.160. The van der Waals surface area contributed by atoms with Crippen LogP contribution in [0, 0.1) is 13.8 Å². The van der Waals surface area contributed by atoms with Crippen LogP contribution in [0.2, 0.25) is 0 Å². The maximum atomic E-state index is 11.9. The molecule has 4 nitrogen and oxygen atoms in total. The van der Waals surface area contributed by atoms with E-state index in [9.17, 15) is 4.79 Å². The van der Waals surface area contributed by atoms with Crippen molar-refractivity contribution in [3.05, 3.63) is 45.6 Å². The highest BCUT2D eigenvalue weighted by atomic mass is 79.9. The summed E-state index contributed by atoms with van der Waals surface area (Å²) < 4.78 is 0.945. The fourth-order valence-corrected chi connectivity index (χ4v) is 1.65. The number of carbonyl (C=O) groups is 1. The highest BCUT2D eigenvalue weighted by Crippen LogP contribution is 2.16. The van der Waals surface area contributed by atoms with Crippen LogP contribution in [0.3, 0.4) is 0 Å². The molecule has 0 unspecified atom stereocenters. The number of hydrogen-bond donors (Lipinski definition) is 2. The van der Waals surface area contributed by atoms with Gasteiger partial charge in [-0.1, -0.05) is 15.9 Å². The second-order valence-electron chi connectivity index (χ2n) is 3.78. The van der Waals surface area contributed by atoms with Crippen molar-refractivity contribution in [1.29, 1.82) is 0 Å². The van der Waals surface area contributed by atoms with Gasteiger partial charge in [0.05, 0.1) is 0 Å². The number of H-pyrrole nitrogens is 1.